The Morgan fingerprint density at radius 2 is 2.21 bits per heavy atom. The van der Waals surface area contributed by atoms with Crippen LogP contribution in [0.25, 0.3) is 0 Å². The second kappa shape index (κ2) is 7.96. The number of hydrogen-bond donors (Lipinski definition) is 2. The summed E-state index contributed by atoms with van der Waals surface area (Å²) in [5.41, 5.74) is 0. The Labute approximate surface area is 144 Å². The van der Waals surface area contributed by atoms with Crippen molar-refractivity contribution in [2.75, 3.05) is 26.7 Å². The molecule has 1 saturated heterocycles. The fourth-order valence-corrected chi connectivity index (χ4v) is 3.86. The van der Waals surface area contributed by atoms with Crippen LogP contribution in [0.5, 0.6) is 0 Å². The number of piperidine rings is 1. The van der Waals surface area contributed by atoms with Crippen LogP contribution >= 0.6 is 0 Å². The molecule has 7 nitrogen and oxygen atoms in total. The first-order valence-electron chi connectivity index (χ1n) is 9.31. The van der Waals surface area contributed by atoms with Crippen LogP contribution in [0.2, 0.25) is 0 Å². The number of fused-ring (bicyclic) bond motifs is 1. The summed E-state index contributed by atoms with van der Waals surface area (Å²) in [7, 11) is 1.85. The zero-order chi connectivity index (χ0) is 16.9. The van der Waals surface area contributed by atoms with E-state index >= 15 is 0 Å². The van der Waals surface area contributed by atoms with Crippen molar-refractivity contribution in [3.05, 3.63) is 11.6 Å². The van der Waals surface area contributed by atoms with Crippen molar-refractivity contribution in [3.63, 3.8) is 0 Å². The standard InChI is InChI=1S/C17H31N7/c1-4-23-10-6-5-7-15(23)11-19-17(18-3)21-14-8-9-16-20-13(2)22-24(16)12-14/h14-15H,4-12H2,1-3H3,(H2,18,19,21). The van der Waals surface area contributed by atoms with Crippen molar-refractivity contribution in [2.45, 2.75) is 64.6 Å². The average molecular weight is 333 g/mol. The monoisotopic (exact) mass is 333 g/mol. The predicted octanol–water partition coefficient (Wildman–Crippen LogP) is 0.941. The summed E-state index contributed by atoms with van der Waals surface area (Å²) >= 11 is 0. The lowest BCUT2D eigenvalue weighted by molar-refractivity contribution is 0.157. The van der Waals surface area contributed by atoms with Gasteiger partial charge in [-0.1, -0.05) is 13.3 Å². The summed E-state index contributed by atoms with van der Waals surface area (Å²) in [5.74, 6) is 2.88. The first kappa shape index (κ1) is 17.2. The molecule has 3 heterocycles. The highest BCUT2D eigenvalue weighted by Crippen LogP contribution is 2.16. The molecular weight excluding hydrogens is 302 g/mol. The van der Waals surface area contributed by atoms with E-state index in [2.05, 4.69) is 37.5 Å². The molecule has 0 aromatic carbocycles. The molecule has 2 atom stereocenters. The first-order valence-corrected chi connectivity index (χ1v) is 9.31. The van der Waals surface area contributed by atoms with Crippen LogP contribution in [-0.4, -0.2) is 64.4 Å². The highest BCUT2D eigenvalue weighted by atomic mass is 15.4. The van der Waals surface area contributed by atoms with Crippen molar-refractivity contribution < 1.29 is 0 Å². The van der Waals surface area contributed by atoms with Crippen LogP contribution in [0, 0.1) is 6.92 Å². The van der Waals surface area contributed by atoms with E-state index in [0.717, 1.165) is 50.1 Å². The van der Waals surface area contributed by atoms with Gasteiger partial charge in [0.05, 0.1) is 6.54 Å². The van der Waals surface area contributed by atoms with Crippen LogP contribution in [-0.2, 0) is 13.0 Å². The molecule has 24 heavy (non-hydrogen) atoms. The number of likely N-dealkylation sites (N-methyl/N-ethyl adjacent to an activating group) is 1. The lowest BCUT2D eigenvalue weighted by atomic mass is 10.0. The second-order valence-corrected chi connectivity index (χ2v) is 6.87. The van der Waals surface area contributed by atoms with Gasteiger partial charge in [-0.25, -0.2) is 9.67 Å². The third-order valence-corrected chi connectivity index (χ3v) is 5.19. The Hall–Kier alpha value is -1.63. The number of hydrogen-bond acceptors (Lipinski definition) is 4. The van der Waals surface area contributed by atoms with Gasteiger partial charge in [-0.05, 0) is 39.3 Å². The van der Waals surface area contributed by atoms with Gasteiger partial charge in [-0.15, -0.1) is 0 Å². The normalized spacial score (nSPS) is 25.4. The number of aromatic nitrogens is 3. The maximum atomic E-state index is 4.47. The van der Waals surface area contributed by atoms with Crippen molar-refractivity contribution in [2.24, 2.45) is 4.99 Å². The van der Waals surface area contributed by atoms with E-state index in [1.165, 1.54) is 25.8 Å². The summed E-state index contributed by atoms with van der Waals surface area (Å²) in [6.07, 6.45) is 6.00. The summed E-state index contributed by atoms with van der Waals surface area (Å²) in [5, 5.41) is 11.6. The molecule has 2 N–H and O–H groups in total. The summed E-state index contributed by atoms with van der Waals surface area (Å²) in [6.45, 7) is 8.40. The molecule has 0 radical (unpaired) electrons. The molecule has 0 aliphatic carbocycles. The zero-order valence-corrected chi connectivity index (χ0v) is 15.3. The Kier molecular flexibility index (Phi) is 5.71. The van der Waals surface area contributed by atoms with Gasteiger partial charge in [-0.3, -0.25) is 9.89 Å². The second-order valence-electron chi connectivity index (χ2n) is 6.87. The third-order valence-electron chi connectivity index (χ3n) is 5.19. The number of rotatable bonds is 4. The van der Waals surface area contributed by atoms with E-state index in [4.69, 9.17) is 0 Å². The zero-order valence-electron chi connectivity index (χ0n) is 15.3. The van der Waals surface area contributed by atoms with Crippen LogP contribution in [0.3, 0.4) is 0 Å². The van der Waals surface area contributed by atoms with Crippen LogP contribution in [0.15, 0.2) is 4.99 Å². The van der Waals surface area contributed by atoms with E-state index in [9.17, 15) is 0 Å². The van der Waals surface area contributed by atoms with Gasteiger partial charge in [0, 0.05) is 32.1 Å². The lowest BCUT2D eigenvalue weighted by Gasteiger charge is -2.35. The Morgan fingerprint density at radius 3 is 3.00 bits per heavy atom. The fraction of sp³-hybridized carbons (Fsp3) is 0.824. The summed E-state index contributed by atoms with van der Waals surface area (Å²) in [4.78, 5) is 11.5. The number of likely N-dealkylation sites (tertiary alicyclic amines) is 1. The minimum atomic E-state index is 0.360. The Morgan fingerprint density at radius 1 is 1.33 bits per heavy atom. The molecule has 0 saturated carbocycles. The highest BCUT2D eigenvalue weighted by molar-refractivity contribution is 5.80. The first-order chi connectivity index (χ1) is 11.7. The molecule has 7 heteroatoms. The quantitative estimate of drug-likeness (QED) is 0.634. The smallest absolute Gasteiger partial charge is 0.191 e. The topological polar surface area (TPSA) is 70.4 Å². The van der Waals surface area contributed by atoms with Gasteiger partial charge in [0.25, 0.3) is 0 Å². The molecule has 1 aromatic rings. The minimum absolute atomic E-state index is 0.360. The van der Waals surface area contributed by atoms with E-state index in [-0.39, 0.29) is 0 Å². The SMILES string of the molecule is CCN1CCCCC1CNC(=NC)NC1CCc2nc(C)nn2C1. The van der Waals surface area contributed by atoms with Gasteiger partial charge in [0.2, 0.25) is 0 Å². The molecule has 0 amide bonds. The summed E-state index contributed by atoms with van der Waals surface area (Å²) in [6, 6.07) is 0.983. The van der Waals surface area contributed by atoms with Gasteiger partial charge < -0.3 is 10.6 Å². The number of aryl methyl sites for hydroxylation is 2. The van der Waals surface area contributed by atoms with Gasteiger partial charge in [0.15, 0.2) is 5.96 Å². The largest absolute Gasteiger partial charge is 0.355 e. The van der Waals surface area contributed by atoms with Gasteiger partial charge >= 0.3 is 0 Å². The van der Waals surface area contributed by atoms with Gasteiger partial charge in [0.1, 0.15) is 11.6 Å². The van der Waals surface area contributed by atoms with Crippen molar-refractivity contribution in [3.8, 4) is 0 Å². The van der Waals surface area contributed by atoms with E-state index in [1.54, 1.807) is 0 Å². The summed E-state index contributed by atoms with van der Waals surface area (Å²) < 4.78 is 2.03. The van der Waals surface area contributed by atoms with E-state index in [0.29, 0.717) is 12.1 Å². The van der Waals surface area contributed by atoms with Crippen molar-refractivity contribution in [1.82, 2.24) is 30.3 Å². The Balaban J connectivity index is 1.50. The molecule has 2 unspecified atom stereocenters. The van der Waals surface area contributed by atoms with Crippen molar-refractivity contribution >= 4 is 5.96 Å². The molecular formula is C17H31N7. The minimum Gasteiger partial charge on any atom is -0.355 e. The Bertz CT molecular complexity index is 565. The number of guanidine groups is 1. The molecule has 2 aliphatic heterocycles. The van der Waals surface area contributed by atoms with Crippen LogP contribution in [0.4, 0.5) is 0 Å². The predicted molar refractivity (Wildman–Crippen MR) is 96.3 cm³/mol. The number of nitrogens with one attached hydrogen (secondary N) is 2. The van der Waals surface area contributed by atoms with Crippen LogP contribution < -0.4 is 10.6 Å². The molecule has 1 aromatic heterocycles. The van der Waals surface area contributed by atoms with E-state index < -0.39 is 0 Å². The molecule has 2 aliphatic rings. The number of nitrogens with zero attached hydrogens (tertiary/aromatic N) is 5. The molecule has 0 bridgehead atoms. The van der Waals surface area contributed by atoms with E-state index in [1.807, 2.05) is 18.7 Å². The molecule has 134 valence electrons. The lowest BCUT2D eigenvalue weighted by Crippen LogP contribution is -2.52. The average Bonchev–Trinajstić information content (AvgIpc) is 2.98. The fourth-order valence-electron chi connectivity index (χ4n) is 3.86. The molecule has 0 spiro atoms. The highest BCUT2D eigenvalue weighted by Gasteiger charge is 2.23. The maximum Gasteiger partial charge on any atom is 0.191 e. The number of aliphatic imine (C=N–C) groups is 1. The maximum absolute atomic E-state index is 4.47. The van der Waals surface area contributed by atoms with Crippen LogP contribution in [0.1, 0.15) is 44.3 Å². The molecule has 1 fully saturated rings. The van der Waals surface area contributed by atoms with Gasteiger partial charge in [-0.2, -0.15) is 5.10 Å². The van der Waals surface area contributed by atoms with Crippen molar-refractivity contribution in [1.29, 1.82) is 0 Å². The third kappa shape index (κ3) is 4.06. The molecule has 3 rings (SSSR count).